The third-order valence-electron chi connectivity index (χ3n) is 7.46. The molecule has 0 radical (unpaired) electrons. The summed E-state index contributed by atoms with van der Waals surface area (Å²) in [5, 5.41) is 7.60. The minimum atomic E-state index is -0.0634. The van der Waals surface area contributed by atoms with Gasteiger partial charge in [0, 0.05) is 36.1 Å². The number of anilines is 1. The van der Waals surface area contributed by atoms with Crippen molar-refractivity contribution in [2.24, 2.45) is 10.4 Å². The summed E-state index contributed by atoms with van der Waals surface area (Å²) in [6.07, 6.45) is 8.21. The third kappa shape index (κ3) is 3.27. The van der Waals surface area contributed by atoms with E-state index < -0.39 is 0 Å². The minimum Gasteiger partial charge on any atom is -0.355 e. The van der Waals surface area contributed by atoms with Crippen molar-refractivity contribution >= 4 is 17.4 Å². The summed E-state index contributed by atoms with van der Waals surface area (Å²) in [5.41, 5.74) is 7.15. The van der Waals surface area contributed by atoms with Gasteiger partial charge >= 0.3 is 0 Å². The molecule has 4 heterocycles. The molecule has 7 nitrogen and oxygen atoms in total. The number of hydrogen-bond acceptors (Lipinski definition) is 5. The quantitative estimate of drug-likeness (QED) is 0.813. The number of hydrogen-bond donors (Lipinski definition) is 1. The molecule has 0 unspecified atom stereocenters. The van der Waals surface area contributed by atoms with Crippen LogP contribution in [0.1, 0.15) is 54.2 Å². The van der Waals surface area contributed by atoms with Gasteiger partial charge in [-0.2, -0.15) is 5.10 Å². The molecule has 4 aliphatic rings. The molecule has 31 heavy (non-hydrogen) atoms. The first kappa shape index (κ1) is 18.8. The molecule has 160 valence electrons. The second kappa shape index (κ2) is 6.77. The van der Waals surface area contributed by atoms with Crippen LogP contribution in [0.25, 0.3) is 0 Å². The molecule has 1 saturated heterocycles. The molecule has 1 spiro atoms. The number of amides is 1. The van der Waals surface area contributed by atoms with Crippen molar-refractivity contribution in [1.29, 1.82) is 0 Å². The molecule has 2 aliphatic heterocycles. The highest BCUT2D eigenvalue weighted by Crippen LogP contribution is 2.53. The predicted octanol–water partition coefficient (Wildman–Crippen LogP) is 2.90. The van der Waals surface area contributed by atoms with Gasteiger partial charge in [-0.3, -0.25) is 14.5 Å². The number of pyridine rings is 1. The number of carbonyl (C=O) groups is 1. The van der Waals surface area contributed by atoms with Crippen LogP contribution in [-0.2, 0) is 6.54 Å². The molecule has 1 saturated carbocycles. The summed E-state index contributed by atoms with van der Waals surface area (Å²) in [6.45, 7) is 7.77. The molecule has 1 atom stereocenters. The van der Waals surface area contributed by atoms with Crippen molar-refractivity contribution < 1.29 is 4.79 Å². The van der Waals surface area contributed by atoms with Gasteiger partial charge in [0.05, 0.1) is 30.9 Å². The third-order valence-corrected chi connectivity index (χ3v) is 7.46. The number of carbonyl (C=O) groups excluding carboxylic acids is 1. The maximum atomic E-state index is 12.8. The number of nitrogens with one attached hydrogen (secondary N) is 1. The van der Waals surface area contributed by atoms with Crippen LogP contribution in [0.2, 0.25) is 0 Å². The van der Waals surface area contributed by atoms with Crippen LogP contribution in [0.4, 0.5) is 5.82 Å². The summed E-state index contributed by atoms with van der Waals surface area (Å²) in [6, 6.07) is 4.36. The van der Waals surface area contributed by atoms with Crippen LogP contribution in [0.3, 0.4) is 0 Å². The molecular weight excluding hydrogens is 388 g/mol. The second-order valence-electron chi connectivity index (χ2n) is 9.67. The number of aliphatic imine (C=N–C) groups is 1. The van der Waals surface area contributed by atoms with Gasteiger partial charge in [-0.1, -0.05) is 6.07 Å². The molecule has 1 amide bonds. The number of allylic oxidation sites excluding steroid dienone is 1. The lowest BCUT2D eigenvalue weighted by atomic mass is 9.97. The van der Waals surface area contributed by atoms with Gasteiger partial charge in [-0.15, -0.1) is 0 Å². The normalized spacial score (nSPS) is 23.1. The first-order chi connectivity index (χ1) is 15.0. The summed E-state index contributed by atoms with van der Waals surface area (Å²) in [4.78, 5) is 24.5. The highest BCUT2D eigenvalue weighted by molar-refractivity contribution is 6.02. The Kier molecular flexibility index (Phi) is 4.10. The molecule has 2 aliphatic carbocycles. The standard InChI is InChI=1S/C24H28N6O/c1-15-17(3-6-22(27-15)29-13-24(14-29)7-8-24)11-30-12-18(9-26-30)23(31)28-21-5-4-19-16(2)25-10-20(19)21/h3,6,9,12,21H,4-5,7-8,10-11,13-14H2,1-2H3,(H,28,31)/t21-/m1/s1. The van der Waals surface area contributed by atoms with Crippen molar-refractivity contribution in [1.82, 2.24) is 20.1 Å². The van der Waals surface area contributed by atoms with E-state index >= 15 is 0 Å². The fourth-order valence-electron chi connectivity index (χ4n) is 5.23. The van der Waals surface area contributed by atoms with E-state index in [4.69, 9.17) is 4.98 Å². The Bertz CT molecular complexity index is 1130. The Morgan fingerprint density at radius 1 is 1.26 bits per heavy atom. The average molecular weight is 417 g/mol. The van der Waals surface area contributed by atoms with Crippen LogP contribution in [0.5, 0.6) is 0 Å². The SMILES string of the molecule is CC1=NCC2=C1CC[C@H]2NC(=O)c1cnn(Cc2ccc(N3CC4(CC4)C3)nc2C)c1. The Balaban J connectivity index is 1.10. The highest BCUT2D eigenvalue weighted by Gasteiger charge is 2.52. The fraction of sp³-hybridized carbons (Fsp3) is 0.500. The van der Waals surface area contributed by atoms with E-state index in [0.29, 0.717) is 17.5 Å². The van der Waals surface area contributed by atoms with Crippen molar-refractivity contribution in [2.75, 3.05) is 24.5 Å². The fourth-order valence-corrected chi connectivity index (χ4v) is 5.23. The number of nitrogens with zero attached hydrogens (tertiary/aromatic N) is 5. The monoisotopic (exact) mass is 416 g/mol. The molecule has 7 heteroatoms. The van der Waals surface area contributed by atoms with Crippen LogP contribution >= 0.6 is 0 Å². The Labute approximate surface area is 182 Å². The van der Waals surface area contributed by atoms with E-state index in [-0.39, 0.29) is 11.9 Å². The molecule has 2 aromatic rings. The first-order valence-electron chi connectivity index (χ1n) is 11.3. The lowest BCUT2D eigenvalue weighted by molar-refractivity contribution is 0.0942. The van der Waals surface area contributed by atoms with Crippen LogP contribution in [0, 0.1) is 12.3 Å². The Morgan fingerprint density at radius 3 is 2.87 bits per heavy atom. The van der Waals surface area contributed by atoms with E-state index in [1.807, 2.05) is 10.9 Å². The van der Waals surface area contributed by atoms with Gasteiger partial charge in [-0.05, 0) is 62.3 Å². The summed E-state index contributed by atoms with van der Waals surface area (Å²) < 4.78 is 1.82. The van der Waals surface area contributed by atoms with Crippen LogP contribution in [0.15, 0.2) is 40.7 Å². The van der Waals surface area contributed by atoms with E-state index in [0.717, 1.165) is 55.3 Å². The molecule has 2 aromatic heterocycles. The zero-order chi connectivity index (χ0) is 21.2. The molecule has 0 aromatic carbocycles. The lowest BCUT2D eigenvalue weighted by Gasteiger charge is -2.41. The van der Waals surface area contributed by atoms with Crippen molar-refractivity contribution in [2.45, 2.75) is 52.1 Å². The van der Waals surface area contributed by atoms with Crippen molar-refractivity contribution in [3.8, 4) is 0 Å². The zero-order valence-corrected chi connectivity index (χ0v) is 18.2. The average Bonchev–Trinajstić information content (AvgIpc) is 3.04. The van der Waals surface area contributed by atoms with E-state index in [1.54, 1.807) is 6.20 Å². The minimum absolute atomic E-state index is 0.0634. The predicted molar refractivity (Wildman–Crippen MR) is 120 cm³/mol. The van der Waals surface area contributed by atoms with Crippen molar-refractivity contribution in [3.63, 3.8) is 0 Å². The van der Waals surface area contributed by atoms with E-state index in [2.05, 4.69) is 46.3 Å². The van der Waals surface area contributed by atoms with Gasteiger partial charge in [-0.25, -0.2) is 4.98 Å². The number of aryl methyl sites for hydroxylation is 1. The summed E-state index contributed by atoms with van der Waals surface area (Å²) >= 11 is 0. The number of rotatable bonds is 5. The molecule has 2 fully saturated rings. The lowest BCUT2D eigenvalue weighted by Crippen LogP contribution is -2.48. The van der Waals surface area contributed by atoms with E-state index in [1.165, 1.54) is 24.0 Å². The molecule has 1 N–H and O–H groups in total. The van der Waals surface area contributed by atoms with Gasteiger partial charge in [0.1, 0.15) is 5.82 Å². The van der Waals surface area contributed by atoms with Crippen molar-refractivity contribution in [3.05, 3.63) is 52.5 Å². The molecule has 0 bridgehead atoms. The molecular formula is C24H28N6O. The van der Waals surface area contributed by atoms with Gasteiger partial charge in [0.25, 0.3) is 5.91 Å². The zero-order valence-electron chi connectivity index (χ0n) is 18.2. The summed E-state index contributed by atoms with van der Waals surface area (Å²) in [7, 11) is 0. The second-order valence-corrected chi connectivity index (χ2v) is 9.67. The van der Waals surface area contributed by atoms with E-state index in [9.17, 15) is 4.79 Å². The van der Waals surface area contributed by atoms with Gasteiger partial charge in [0.2, 0.25) is 0 Å². The smallest absolute Gasteiger partial charge is 0.254 e. The highest BCUT2D eigenvalue weighted by atomic mass is 16.1. The van der Waals surface area contributed by atoms with Crippen LogP contribution in [-0.4, -0.2) is 52.1 Å². The molecule has 6 rings (SSSR count). The maximum absolute atomic E-state index is 12.8. The maximum Gasteiger partial charge on any atom is 0.254 e. The Morgan fingerprint density at radius 2 is 2.10 bits per heavy atom. The summed E-state index contributed by atoms with van der Waals surface area (Å²) in [5.74, 6) is 1.02. The van der Waals surface area contributed by atoms with Gasteiger partial charge < -0.3 is 10.2 Å². The van der Waals surface area contributed by atoms with Crippen LogP contribution < -0.4 is 10.2 Å². The first-order valence-corrected chi connectivity index (χ1v) is 11.3. The Hall–Kier alpha value is -2.96. The topological polar surface area (TPSA) is 75.4 Å². The number of aromatic nitrogens is 3. The van der Waals surface area contributed by atoms with Gasteiger partial charge in [0.15, 0.2) is 0 Å². The largest absolute Gasteiger partial charge is 0.355 e.